The molecule has 1 unspecified atom stereocenters. The van der Waals surface area contributed by atoms with Gasteiger partial charge in [-0.05, 0) is 43.2 Å². The molecule has 0 bridgehead atoms. The molecule has 1 aliphatic heterocycles. The third-order valence-electron chi connectivity index (χ3n) is 5.34. The number of ether oxygens (including phenoxy) is 2. The van der Waals surface area contributed by atoms with Crippen LogP contribution in [-0.2, 0) is 6.54 Å². The largest absolute Gasteiger partial charge is 0.497 e. The normalized spacial score (nSPS) is 16.2. The monoisotopic (exact) mass is 371 g/mol. The van der Waals surface area contributed by atoms with Gasteiger partial charge in [0, 0.05) is 36.6 Å². The molecule has 1 N–H and O–H groups in total. The molecule has 3 rings (SSSR count). The Kier molecular flexibility index (Phi) is 5.94. The van der Waals surface area contributed by atoms with Crippen LogP contribution < -0.4 is 14.8 Å². The van der Waals surface area contributed by atoms with Crippen LogP contribution in [0.1, 0.15) is 44.0 Å². The Bertz CT molecular complexity index is 783. The first-order valence-corrected chi connectivity index (χ1v) is 9.57. The molecular formula is C21H29N3O3. The zero-order chi connectivity index (χ0) is 19.4. The molecule has 0 radical (unpaired) electrons. The summed E-state index contributed by atoms with van der Waals surface area (Å²) in [6, 6.07) is 9.74. The van der Waals surface area contributed by atoms with E-state index in [4.69, 9.17) is 9.47 Å². The van der Waals surface area contributed by atoms with E-state index < -0.39 is 0 Å². The number of carbonyl (C=O) groups is 1. The Labute approximate surface area is 161 Å². The number of rotatable bonds is 6. The van der Waals surface area contributed by atoms with Gasteiger partial charge < -0.3 is 24.3 Å². The number of hydrogen-bond donors (Lipinski definition) is 1. The van der Waals surface area contributed by atoms with Gasteiger partial charge in [-0.15, -0.1) is 0 Å². The van der Waals surface area contributed by atoms with Crippen LogP contribution in [0.2, 0.25) is 0 Å². The first kappa shape index (κ1) is 19.1. The van der Waals surface area contributed by atoms with Crippen LogP contribution in [0.5, 0.6) is 11.5 Å². The minimum Gasteiger partial charge on any atom is -0.497 e. The lowest BCUT2D eigenvalue weighted by Crippen LogP contribution is -2.49. The number of urea groups is 1. The van der Waals surface area contributed by atoms with E-state index in [0.717, 1.165) is 42.1 Å². The summed E-state index contributed by atoms with van der Waals surface area (Å²) in [6.45, 7) is 5.61. The lowest BCUT2D eigenvalue weighted by Gasteiger charge is -2.38. The smallest absolute Gasteiger partial charge is 0.318 e. The van der Waals surface area contributed by atoms with Crippen molar-refractivity contribution < 1.29 is 14.3 Å². The number of carbonyl (C=O) groups excluding carboxylic acids is 1. The predicted molar refractivity (Wildman–Crippen MR) is 105 cm³/mol. The molecule has 2 amide bonds. The number of nitrogens with zero attached hydrogens (tertiary/aromatic N) is 2. The van der Waals surface area contributed by atoms with Crippen LogP contribution in [-0.4, -0.2) is 42.3 Å². The summed E-state index contributed by atoms with van der Waals surface area (Å²) < 4.78 is 13.2. The van der Waals surface area contributed by atoms with E-state index in [-0.39, 0.29) is 18.1 Å². The van der Waals surface area contributed by atoms with Crippen LogP contribution in [0, 0.1) is 0 Å². The molecule has 0 aliphatic carbocycles. The molecule has 2 aromatic rings. The molecule has 1 aliphatic rings. The Morgan fingerprint density at radius 1 is 1.19 bits per heavy atom. The van der Waals surface area contributed by atoms with Gasteiger partial charge in [-0.1, -0.05) is 13.8 Å². The summed E-state index contributed by atoms with van der Waals surface area (Å²) in [5, 5.41) is 3.18. The van der Waals surface area contributed by atoms with Gasteiger partial charge in [0.15, 0.2) is 0 Å². The van der Waals surface area contributed by atoms with E-state index in [0.29, 0.717) is 6.54 Å². The molecule has 0 saturated carbocycles. The van der Waals surface area contributed by atoms with Crippen molar-refractivity contribution in [3.05, 3.63) is 47.8 Å². The van der Waals surface area contributed by atoms with Crippen LogP contribution >= 0.6 is 0 Å². The molecule has 1 aromatic heterocycles. The molecule has 1 aromatic carbocycles. The molecule has 2 heterocycles. The fourth-order valence-corrected chi connectivity index (χ4v) is 3.73. The molecule has 6 nitrogen and oxygen atoms in total. The van der Waals surface area contributed by atoms with Crippen LogP contribution in [0.3, 0.4) is 0 Å². The van der Waals surface area contributed by atoms with E-state index in [2.05, 4.69) is 36.0 Å². The number of benzene rings is 1. The Morgan fingerprint density at radius 3 is 2.63 bits per heavy atom. The van der Waals surface area contributed by atoms with Crippen molar-refractivity contribution in [3.63, 3.8) is 0 Å². The van der Waals surface area contributed by atoms with Gasteiger partial charge in [-0.2, -0.15) is 0 Å². The van der Waals surface area contributed by atoms with Crippen molar-refractivity contribution in [3.8, 4) is 11.5 Å². The van der Waals surface area contributed by atoms with Crippen molar-refractivity contribution >= 4 is 6.03 Å². The Morgan fingerprint density at radius 2 is 1.96 bits per heavy atom. The maximum atomic E-state index is 13.1. The zero-order valence-corrected chi connectivity index (χ0v) is 16.6. The third kappa shape index (κ3) is 3.75. The van der Waals surface area contributed by atoms with Crippen molar-refractivity contribution in [1.82, 2.24) is 14.8 Å². The summed E-state index contributed by atoms with van der Waals surface area (Å²) in [5.74, 6) is 1.49. The average molecular weight is 371 g/mol. The molecule has 0 fully saturated rings. The number of amides is 2. The van der Waals surface area contributed by atoms with Crippen molar-refractivity contribution in [1.29, 1.82) is 0 Å². The highest BCUT2D eigenvalue weighted by atomic mass is 16.5. The van der Waals surface area contributed by atoms with Gasteiger partial charge in [-0.25, -0.2) is 4.79 Å². The standard InChI is InChI=1S/C21H29N3O3/c1-5-15(6-2)22-21(25)24-13-12-23-11-7-8-18(23)20(24)17-14-16(26-3)9-10-19(17)27-4/h7-11,14-15,20H,5-6,12-13H2,1-4H3,(H,22,25). The highest BCUT2D eigenvalue weighted by molar-refractivity contribution is 5.76. The molecule has 27 heavy (non-hydrogen) atoms. The maximum Gasteiger partial charge on any atom is 0.318 e. The average Bonchev–Trinajstić information content (AvgIpc) is 3.19. The maximum absolute atomic E-state index is 13.1. The van der Waals surface area contributed by atoms with E-state index in [9.17, 15) is 4.79 Å². The first-order valence-electron chi connectivity index (χ1n) is 9.57. The lowest BCUT2D eigenvalue weighted by molar-refractivity contribution is 0.163. The van der Waals surface area contributed by atoms with E-state index >= 15 is 0 Å². The fraction of sp³-hybridized carbons (Fsp3) is 0.476. The van der Waals surface area contributed by atoms with Crippen molar-refractivity contribution in [2.24, 2.45) is 0 Å². The van der Waals surface area contributed by atoms with E-state index in [1.54, 1.807) is 14.2 Å². The Hall–Kier alpha value is -2.63. The number of aromatic nitrogens is 1. The van der Waals surface area contributed by atoms with E-state index in [1.807, 2.05) is 29.2 Å². The summed E-state index contributed by atoms with van der Waals surface area (Å²) in [6.07, 6.45) is 3.89. The minimum atomic E-state index is -0.229. The number of hydrogen-bond acceptors (Lipinski definition) is 3. The number of methoxy groups -OCH3 is 2. The molecule has 0 saturated heterocycles. The molecule has 6 heteroatoms. The molecule has 0 spiro atoms. The summed E-state index contributed by atoms with van der Waals surface area (Å²) in [4.78, 5) is 15.0. The summed E-state index contributed by atoms with van der Waals surface area (Å²) in [7, 11) is 3.30. The number of nitrogens with one attached hydrogen (secondary N) is 1. The highest BCUT2D eigenvalue weighted by Gasteiger charge is 2.34. The second-order valence-electron chi connectivity index (χ2n) is 6.79. The van der Waals surface area contributed by atoms with Gasteiger partial charge in [-0.3, -0.25) is 0 Å². The first-order chi connectivity index (χ1) is 13.1. The predicted octanol–water partition coefficient (Wildman–Crippen LogP) is 3.81. The third-order valence-corrected chi connectivity index (χ3v) is 5.34. The molecule has 1 atom stereocenters. The van der Waals surface area contributed by atoms with Crippen molar-refractivity contribution in [2.45, 2.75) is 45.3 Å². The quantitative estimate of drug-likeness (QED) is 0.840. The second-order valence-corrected chi connectivity index (χ2v) is 6.79. The molecule has 146 valence electrons. The summed E-state index contributed by atoms with van der Waals surface area (Å²) in [5.41, 5.74) is 2.00. The van der Waals surface area contributed by atoms with Gasteiger partial charge in [0.25, 0.3) is 0 Å². The summed E-state index contributed by atoms with van der Waals surface area (Å²) >= 11 is 0. The lowest BCUT2D eigenvalue weighted by atomic mass is 9.98. The van der Waals surface area contributed by atoms with Crippen molar-refractivity contribution in [2.75, 3.05) is 20.8 Å². The van der Waals surface area contributed by atoms with Crippen LogP contribution in [0.25, 0.3) is 0 Å². The SMILES string of the molecule is CCC(CC)NC(=O)N1CCn2cccc2C1c1cc(OC)ccc1OC. The number of fused-ring (bicyclic) bond motifs is 1. The topological polar surface area (TPSA) is 55.7 Å². The van der Waals surface area contributed by atoms with Gasteiger partial charge >= 0.3 is 6.03 Å². The molecular weight excluding hydrogens is 342 g/mol. The van der Waals surface area contributed by atoms with Crippen LogP contribution in [0.4, 0.5) is 4.79 Å². The highest BCUT2D eigenvalue weighted by Crippen LogP contribution is 2.39. The van der Waals surface area contributed by atoms with Crippen LogP contribution in [0.15, 0.2) is 36.5 Å². The fourth-order valence-electron chi connectivity index (χ4n) is 3.73. The van der Waals surface area contributed by atoms with E-state index in [1.165, 1.54) is 0 Å². The second kappa shape index (κ2) is 8.37. The van der Waals surface area contributed by atoms with Gasteiger partial charge in [0.05, 0.1) is 14.2 Å². The minimum absolute atomic E-state index is 0.0361. The zero-order valence-electron chi connectivity index (χ0n) is 16.6. The Balaban J connectivity index is 2.04. The van der Waals surface area contributed by atoms with Gasteiger partial charge in [0.2, 0.25) is 0 Å². The van der Waals surface area contributed by atoms with Gasteiger partial charge in [0.1, 0.15) is 17.5 Å².